The molecule has 4 nitrogen and oxygen atoms in total. The van der Waals surface area contributed by atoms with Crippen LogP contribution in [-0.2, 0) is 22.4 Å². The normalized spacial score (nSPS) is 19.8. The third-order valence-corrected chi connectivity index (χ3v) is 3.57. The molecule has 0 radical (unpaired) electrons. The molecule has 0 spiro atoms. The zero-order chi connectivity index (χ0) is 13.1. The molecular formula is C14H18O4. The van der Waals surface area contributed by atoms with E-state index in [2.05, 4.69) is 10.8 Å². The van der Waals surface area contributed by atoms with E-state index in [9.17, 15) is 9.90 Å². The van der Waals surface area contributed by atoms with Crippen molar-refractivity contribution in [3.63, 3.8) is 0 Å². The van der Waals surface area contributed by atoms with Crippen LogP contribution in [0.25, 0.3) is 0 Å². The van der Waals surface area contributed by atoms with E-state index in [0.29, 0.717) is 6.42 Å². The number of carbonyl (C=O) groups excluding carboxylic acids is 1. The second kappa shape index (κ2) is 5.40. The van der Waals surface area contributed by atoms with Crippen molar-refractivity contribution in [2.75, 3.05) is 14.2 Å². The Labute approximate surface area is 107 Å². The maximum Gasteiger partial charge on any atom is 0.334 e. The summed E-state index contributed by atoms with van der Waals surface area (Å²) < 4.78 is 9.77. The minimum atomic E-state index is -1.03. The second-order valence-electron chi connectivity index (χ2n) is 4.61. The van der Waals surface area contributed by atoms with Crippen LogP contribution in [0.1, 0.15) is 17.5 Å². The molecule has 0 aromatic heterocycles. The van der Waals surface area contributed by atoms with Crippen LogP contribution >= 0.6 is 0 Å². The molecule has 0 heterocycles. The zero-order valence-electron chi connectivity index (χ0n) is 10.7. The molecular weight excluding hydrogens is 232 g/mol. The first-order valence-electron chi connectivity index (χ1n) is 6.07. The molecule has 1 aliphatic rings. The highest BCUT2D eigenvalue weighted by Crippen LogP contribution is 2.30. The lowest BCUT2D eigenvalue weighted by Gasteiger charge is -2.27. The van der Waals surface area contributed by atoms with Gasteiger partial charge in [-0.25, -0.2) is 4.79 Å². The van der Waals surface area contributed by atoms with E-state index in [0.717, 1.165) is 24.2 Å². The van der Waals surface area contributed by atoms with Gasteiger partial charge in [0, 0.05) is 5.92 Å². The number of carbonyl (C=O) groups is 1. The van der Waals surface area contributed by atoms with Crippen molar-refractivity contribution in [2.45, 2.75) is 25.4 Å². The van der Waals surface area contributed by atoms with Gasteiger partial charge in [0.05, 0.1) is 14.2 Å². The highest BCUT2D eigenvalue weighted by Gasteiger charge is 2.30. The molecule has 0 fully saturated rings. The Morgan fingerprint density at radius 2 is 2.17 bits per heavy atom. The lowest BCUT2D eigenvalue weighted by atomic mass is 9.81. The molecule has 0 aliphatic heterocycles. The fourth-order valence-electron chi connectivity index (χ4n) is 2.47. The van der Waals surface area contributed by atoms with E-state index in [4.69, 9.17) is 4.74 Å². The van der Waals surface area contributed by atoms with Crippen LogP contribution in [0.2, 0.25) is 0 Å². The third kappa shape index (κ3) is 2.48. The van der Waals surface area contributed by atoms with Gasteiger partial charge >= 0.3 is 5.97 Å². The van der Waals surface area contributed by atoms with Crippen LogP contribution in [0.5, 0.6) is 5.75 Å². The van der Waals surface area contributed by atoms with Gasteiger partial charge in [-0.3, -0.25) is 0 Å². The first kappa shape index (κ1) is 12.9. The molecule has 2 atom stereocenters. The Morgan fingerprint density at radius 3 is 2.83 bits per heavy atom. The van der Waals surface area contributed by atoms with Crippen LogP contribution in [0, 0.1) is 5.92 Å². The number of fused-ring (bicyclic) bond motifs is 1. The van der Waals surface area contributed by atoms with Crippen LogP contribution in [0.15, 0.2) is 18.2 Å². The number of hydrogen-bond donors (Lipinski definition) is 1. The summed E-state index contributed by atoms with van der Waals surface area (Å²) in [5.74, 6) is 0.186. The monoisotopic (exact) mass is 250 g/mol. The predicted molar refractivity (Wildman–Crippen MR) is 66.5 cm³/mol. The van der Waals surface area contributed by atoms with Crippen LogP contribution < -0.4 is 4.74 Å². The van der Waals surface area contributed by atoms with Crippen molar-refractivity contribution in [2.24, 2.45) is 5.92 Å². The molecule has 1 N–H and O–H groups in total. The summed E-state index contributed by atoms with van der Waals surface area (Å²) >= 11 is 0. The maximum atomic E-state index is 11.3. The molecule has 1 aliphatic carbocycles. The topological polar surface area (TPSA) is 55.8 Å². The first-order valence-corrected chi connectivity index (χ1v) is 6.07. The third-order valence-electron chi connectivity index (χ3n) is 3.57. The van der Waals surface area contributed by atoms with Crippen molar-refractivity contribution >= 4 is 5.97 Å². The average Bonchev–Trinajstić information content (AvgIpc) is 2.44. The summed E-state index contributed by atoms with van der Waals surface area (Å²) in [5, 5.41) is 9.89. The Balaban J connectivity index is 2.15. The number of aryl methyl sites for hydroxylation is 1. The van der Waals surface area contributed by atoms with Crippen molar-refractivity contribution in [3.05, 3.63) is 29.3 Å². The van der Waals surface area contributed by atoms with Crippen molar-refractivity contribution in [3.8, 4) is 5.75 Å². The van der Waals surface area contributed by atoms with Crippen LogP contribution in [0.3, 0.4) is 0 Å². The van der Waals surface area contributed by atoms with Gasteiger partial charge in [0.2, 0.25) is 0 Å². The predicted octanol–water partition coefficient (Wildman–Crippen LogP) is 1.33. The number of hydrogen-bond acceptors (Lipinski definition) is 4. The number of methoxy groups -OCH3 is 2. The fraction of sp³-hybridized carbons (Fsp3) is 0.500. The number of rotatable bonds is 3. The zero-order valence-corrected chi connectivity index (χ0v) is 10.7. The molecule has 1 aromatic carbocycles. The molecule has 18 heavy (non-hydrogen) atoms. The van der Waals surface area contributed by atoms with E-state index < -0.39 is 12.1 Å². The number of aliphatic hydroxyl groups is 1. The Hall–Kier alpha value is -1.55. The van der Waals surface area contributed by atoms with E-state index in [1.807, 2.05) is 12.1 Å². The van der Waals surface area contributed by atoms with Crippen molar-refractivity contribution < 1.29 is 19.4 Å². The number of benzene rings is 1. The first-order chi connectivity index (χ1) is 8.65. The summed E-state index contributed by atoms with van der Waals surface area (Å²) in [6.07, 6.45) is 1.32. The summed E-state index contributed by atoms with van der Waals surface area (Å²) in [6.45, 7) is 0. The van der Waals surface area contributed by atoms with Crippen LogP contribution in [0.4, 0.5) is 0 Å². The van der Waals surface area contributed by atoms with Crippen molar-refractivity contribution in [1.82, 2.24) is 0 Å². The molecule has 0 saturated carbocycles. The molecule has 4 heteroatoms. The van der Waals surface area contributed by atoms with E-state index in [-0.39, 0.29) is 5.92 Å². The number of esters is 1. The lowest BCUT2D eigenvalue weighted by molar-refractivity contribution is -0.153. The highest BCUT2D eigenvalue weighted by atomic mass is 16.5. The van der Waals surface area contributed by atoms with Crippen molar-refractivity contribution in [1.29, 1.82) is 0 Å². The second-order valence-corrected chi connectivity index (χ2v) is 4.61. The number of ether oxygens (including phenoxy) is 2. The van der Waals surface area contributed by atoms with Gasteiger partial charge in [-0.05, 0) is 42.5 Å². The van der Waals surface area contributed by atoms with E-state index in [1.165, 1.54) is 12.7 Å². The lowest BCUT2D eigenvalue weighted by Crippen LogP contribution is -2.34. The smallest absolute Gasteiger partial charge is 0.334 e. The van der Waals surface area contributed by atoms with Gasteiger partial charge in [0.1, 0.15) is 5.75 Å². The summed E-state index contributed by atoms with van der Waals surface area (Å²) in [6, 6.07) is 5.97. The van der Waals surface area contributed by atoms with Gasteiger partial charge in [-0.15, -0.1) is 0 Å². The highest BCUT2D eigenvalue weighted by molar-refractivity contribution is 5.74. The molecule has 0 amide bonds. The standard InChI is InChI=1S/C14H18O4/c1-17-12-6-5-9-3-4-10(7-11(9)8-12)13(15)14(16)18-2/h5-6,8,10,13,15H,3-4,7H2,1-2H3. The largest absolute Gasteiger partial charge is 0.497 e. The van der Waals surface area contributed by atoms with E-state index in [1.54, 1.807) is 7.11 Å². The van der Waals surface area contributed by atoms with Gasteiger partial charge in [-0.2, -0.15) is 0 Å². The Kier molecular flexibility index (Phi) is 3.87. The SMILES string of the molecule is COC(=O)C(O)C1CCc2ccc(OC)cc2C1. The maximum absolute atomic E-state index is 11.3. The molecule has 98 valence electrons. The Bertz CT molecular complexity index is 441. The minimum Gasteiger partial charge on any atom is -0.497 e. The van der Waals surface area contributed by atoms with E-state index >= 15 is 0 Å². The summed E-state index contributed by atoms with van der Waals surface area (Å²) in [7, 11) is 2.93. The quantitative estimate of drug-likeness (QED) is 0.822. The molecule has 2 rings (SSSR count). The summed E-state index contributed by atoms with van der Waals surface area (Å²) in [4.78, 5) is 11.3. The van der Waals surface area contributed by atoms with Gasteiger partial charge < -0.3 is 14.6 Å². The van der Waals surface area contributed by atoms with Gasteiger partial charge in [-0.1, -0.05) is 6.07 Å². The molecule has 0 bridgehead atoms. The average molecular weight is 250 g/mol. The van der Waals surface area contributed by atoms with Gasteiger partial charge in [0.25, 0.3) is 0 Å². The minimum absolute atomic E-state index is 0.0722. The molecule has 0 saturated heterocycles. The van der Waals surface area contributed by atoms with Crippen LogP contribution in [-0.4, -0.2) is 31.4 Å². The molecule has 2 unspecified atom stereocenters. The fourth-order valence-corrected chi connectivity index (χ4v) is 2.47. The molecule has 1 aromatic rings. The van der Waals surface area contributed by atoms with Gasteiger partial charge in [0.15, 0.2) is 6.10 Å². The number of aliphatic hydroxyl groups excluding tert-OH is 1. The Morgan fingerprint density at radius 1 is 1.39 bits per heavy atom. The summed E-state index contributed by atoms with van der Waals surface area (Å²) in [5.41, 5.74) is 2.41.